The maximum absolute atomic E-state index is 12.4. The Morgan fingerprint density at radius 1 is 0.913 bits per heavy atom. The quantitative estimate of drug-likeness (QED) is 0.641. The van der Waals surface area contributed by atoms with Gasteiger partial charge in [0.25, 0.3) is 0 Å². The van der Waals surface area contributed by atoms with Crippen molar-refractivity contribution >= 4 is 6.09 Å². The molecule has 2 aromatic carbocycles. The summed E-state index contributed by atoms with van der Waals surface area (Å²) in [6.07, 6.45) is 3.02. The summed E-state index contributed by atoms with van der Waals surface area (Å²) < 4.78 is 5.48. The Labute approximate surface area is 138 Å². The van der Waals surface area contributed by atoms with Crippen LogP contribution in [0.3, 0.4) is 0 Å². The fraction of sp³-hybridized carbons (Fsp3) is 0.350. The van der Waals surface area contributed by atoms with Gasteiger partial charge in [-0.1, -0.05) is 80.4 Å². The highest BCUT2D eigenvalue weighted by molar-refractivity contribution is 5.67. The Kier molecular flexibility index (Phi) is 7.18. The normalized spacial score (nSPS) is 10.3. The molecule has 0 spiro atoms. The maximum Gasteiger partial charge on any atom is 0.410 e. The summed E-state index contributed by atoms with van der Waals surface area (Å²) in [5.74, 6) is 0. The molecule has 0 fully saturated rings. The van der Waals surface area contributed by atoms with E-state index in [9.17, 15) is 4.79 Å². The molecule has 0 radical (unpaired) electrons. The van der Waals surface area contributed by atoms with Crippen LogP contribution in [0.5, 0.6) is 0 Å². The van der Waals surface area contributed by atoms with E-state index >= 15 is 0 Å². The first-order valence-corrected chi connectivity index (χ1v) is 8.29. The molecule has 0 aromatic heterocycles. The average Bonchev–Trinajstić information content (AvgIpc) is 2.61. The van der Waals surface area contributed by atoms with Gasteiger partial charge >= 0.3 is 6.09 Å². The first-order chi connectivity index (χ1) is 11.3. The molecular weight excluding hydrogens is 286 g/mol. The lowest BCUT2D eigenvalue weighted by molar-refractivity contribution is 0.0929. The van der Waals surface area contributed by atoms with Crippen molar-refractivity contribution in [2.24, 2.45) is 0 Å². The minimum absolute atomic E-state index is 0.242. The van der Waals surface area contributed by atoms with E-state index in [1.165, 1.54) is 0 Å². The zero-order valence-corrected chi connectivity index (χ0v) is 13.8. The van der Waals surface area contributed by atoms with Crippen molar-refractivity contribution in [3.05, 3.63) is 71.8 Å². The maximum atomic E-state index is 12.4. The molecule has 0 N–H and O–H groups in total. The van der Waals surface area contributed by atoms with Crippen molar-refractivity contribution in [3.63, 3.8) is 0 Å². The van der Waals surface area contributed by atoms with Gasteiger partial charge in [0.15, 0.2) is 0 Å². The first-order valence-electron chi connectivity index (χ1n) is 8.29. The standard InChI is InChI=1S/C20H25NO2/c1-2-3-10-15-21(16-18-11-6-4-7-12-18)20(22)23-17-19-13-8-5-9-14-19/h4-9,11-14H,2-3,10,15-17H2,1H3. The van der Waals surface area contributed by atoms with Crippen molar-refractivity contribution in [1.82, 2.24) is 4.90 Å². The summed E-state index contributed by atoms with van der Waals surface area (Å²) >= 11 is 0. The summed E-state index contributed by atoms with van der Waals surface area (Å²) in [6, 6.07) is 19.8. The molecular formula is C20H25NO2. The van der Waals surface area contributed by atoms with Gasteiger partial charge in [-0.15, -0.1) is 0 Å². The molecule has 2 aromatic rings. The first kappa shape index (κ1) is 17.1. The molecule has 0 unspecified atom stereocenters. The molecule has 0 aliphatic heterocycles. The van der Waals surface area contributed by atoms with E-state index in [4.69, 9.17) is 4.74 Å². The van der Waals surface area contributed by atoms with Gasteiger partial charge in [-0.25, -0.2) is 4.79 Å². The smallest absolute Gasteiger partial charge is 0.410 e. The molecule has 23 heavy (non-hydrogen) atoms. The Bertz CT molecular complexity index is 569. The topological polar surface area (TPSA) is 29.5 Å². The number of hydrogen-bond donors (Lipinski definition) is 0. The van der Waals surface area contributed by atoms with Crippen LogP contribution >= 0.6 is 0 Å². The van der Waals surface area contributed by atoms with Gasteiger partial charge in [0.1, 0.15) is 6.61 Å². The third kappa shape index (κ3) is 6.15. The highest BCUT2D eigenvalue weighted by atomic mass is 16.6. The highest BCUT2D eigenvalue weighted by Crippen LogP contribution is 2.10. The molecule has 0 heterocycles. The van der Waals surface area contributed by atoms with Crippen LogP contribution in [0.25, 0.3) is 0 Å². The minimum atomic E-state index is -0.242. The Morgan fingerprint density at radius 3 is 2.13 bits per heavy atom. The van der Waals surface area contributed by atoms with E-state index in [-0.39, 0.29) is 6.09 Å². The molecule has 0 saturated heterocycles. The summed E-state index contributed by atoms with van der Waals surface area (Å²) in [4.78, 5) is 14.2. The molecule has 0 atom stereocenters. The van der Waals surface area contributed by atoms with Crippen LogP contribution in [0, 0.1) is 0 Å². The van der Waals surface area contributed by atoms with Gasteiger partial charge < -0.3 is 9.64 Å². The second-order valence-electron chi connectivity index (χ2n) is 5.65. The summed E-state index contributed by atoms with van der Waals surface area (Å²) in [5.41, 5.74) is 2.13. The van der Waals surface area contributed by atoms with Crippen molar-refractivity contribution in [2.75, 3.05) is 6.54 Å². The van der Waals surface area contributed by atoms with E-state index in [0.29, 0.717) is 13.2 Å². The predicted molar refractivity (Wildman–Crippen MR) is 93.0 cm³/mol. The number of benzene rings is 2. The summed E-state index contributed by atoms with van der Waals surface area (Å²) in [6.45, 7) is 3.81. The minimum Gasteiger partial charge on any atom is -0.445 e. The van der Waals surface area contributed by atoms with E-state index in [2.05, 4.69) is 6.92 Å². The van der Waals surface area contributed by atoms with Gasteiger partial charge in [0, 0.05) is 13.1 Å². The molecule has 0 aliphatic rings. The average molecular weight is 311 g/mol. The van der Waals surface area contributed by atoms with E-state index in [1.54, 1.807) is 4.90 Å². The van der Waals surface area contributed by atoms with Crippen LogP contribution in [0.4, 0.5) is 4.79 Å². The molecule has 122 valence electrons. The van der Waals surface area contributed by atoms with Crippen molar-refractivity contribution < 1.29 is 9.53 Å². The van der Waals surface area contributed by atoms with E-state index < -0.39 is 0 Å². The van der Waals surface area contributed by atoms with Crippen LogP contribution in [0.1, 0.15) is 37.3 Å². The zero-order chi connectivity index (χ0) is 16.3. The fourth-order valence-electron chi connectivity index (χ4n) is 2.40. The number of carbonyl (C=O) groups excluding carboxylic acids is 1. The number of amides is 1. The molecule has 3 nitrogen and oxygen atoms in total. The molecule has 1 amide bonds. The van der Waals surface area contributed by atoms with Gasteiger partial charge in [-0.05, 0) is 17.5 Å². The van der Waals surface area contributed by atoms with Crippen molar-refractivity contribution in [3.8, 4) is 0 Å². The van der Waals surface area contributed by atoms with E-state index in [0.717, 1.165) is 36.9 Å². The zero-order valence-electron chi connectivity index (χ0n) is 13.8. The lowest BCUT2D eigenvalue weighted by Gasteiger charge is -2.22. The van der Waals surface area contributed by atoms with Gasteiger partial charge in [0.2, 0.25) is 0 Å². The van der Waals surface area contributed by atoms with Crippen LogP contribution in [0.15, 0.2) is 60.7 Å². The Morgan fingerprint density at radius 2 is 1.52 bits per heavy atom. The summed E-state index contributed by atoms with van der Waals surface area (Å²) in [7, 11) is 0. The largest absolute Gasteiger partial charge is 0.445 e. The molecule has 0 saturated carbocycles. The SMILES string of the molecule is CCCCCN(Cc1ccccc1)C(=O)OCc1ccccc1. The number of unbranched alkanes of at least 4 members (excludes halogenated alkanes) is 2. The fourth-order valence-corrected chi connectivity index (χ4v) is 2.40. The Hall–Kier alpha value is -2.29. The highest BCUT2D eigenvalue weighted by Gasteiger charge is 2.15. The van der Waals surface area contributed by atoms with E-state index in [1.807, 2.05) is 60.7 Å². The number of carbonyl (C=O) groups is 1. The second-order valence-corrected chi connectivity index (χ2v) is 5.65. The molecule has 0 bridgehead atoms. The third-order valence-electron chi connectivity index (χ3n) is 3.71. The molecule has 0 aliphatic carbocycles. The number of nitrogens with zero attached hydrogens (tertiary/aromatic N) is 1. The van der Waals surface area contributed by atoms with Gasteiger partial charge in [0.05, 0.1) is 0 Å². The number of ether oxygens (including phenoxy) is 1. The Balaban J connectivity index is 1.93. The predicted octanol–water partition coefficient (Wildman–Crippen LogP) is 5.02. The van der Waals surface area contributed by atoms with Gasteiger partial charge in [-0.3, -0.25) is 0 Å². The van der Waals surface area contributed by atoms with Crippen molar-refractivity contribution in [2.45, 2.75) is 39.3 Å². The third-order valence-corrected chi connectivity index (χ3v) is 3.71. The van der Waals surface area contributed by atoms with Crippen molar-refractivity contribution in [1.29, 1.82) is 0 Å². The second kappa shape index (κ2) is 9.67. The number of hydrogen-bond acceptors (Lipinski definition) is 2. The monoisotopic (exact) mass is 311 g/mol. The lowest BCUT2D eigenvalue weighted by Crippen LogP contribution is -2.32. The van der Waals surface area contributed by atoms with Crippen LogP contribution in [0.2, 0.25) is 0 Å². The van der Waals surface area contributed by atoms with Crippen LogP contribution < -0.4 is 0 Å². The lowest BCUT2D eigenvalue weighted by atomic mass is 10.2. The summed E-state index contributed by atoms with van der Waals surface area (Å²) in [5, 5.41) is 0. The van der Waals surface area contributed by atoms with Crippen LogP contribution in [-0.2, 0) is 17.9 Å². The van der Waals surface area contributed by atoms with Gasteiger partial charge in [-0.2, -0.15) is 0 Å². The number of rotatable bonds is 8. The van der Waals surface area contributed by atoms with Crippen LogP contribution in [-0.4, -0.2) is 17.5 Å². The molecule has 3 heteroatoms. The molecule has 2 rings (SSSR count).